The van der Waals surface area contributed by atoms with Gasteiger partial charge in [0.15, 0.2) is 11.6 Å². The van der Waals surface area contributed by atoms with Crippen LogP contribution in [0.1, 0.15) is 17.5 Å². The van der Waals surface area contributed by atoms with Crippen LogP contribution in [0.3, 0.4) is 0 Å². The lowest BCUT2D eigenvalue weighted by Crippen LogP contribution is -2.56. The largest absolute Gasteiger partial charge is 0.356 e. The van der Waals surface area contributed by atoms with Gasteiger partial charge in [-0.2, -0.15) is 0 Å². The number of carbonyl (C=O) groups excluding carboxylic acids is 2. The van der Waals surface area contributed by atoms with Gasteiger partial charge in [0.25, 0.3) is 0 Å². The first-order valence-electron chi connectivity index (χ1n) is 9.40. The fourth-order valence-corrected chi connectivity index (χ4v) is 3.43. The van der Waals surface area contributed by atoms with Crippen molar-refractivity contribution in [2.45, 2.75) is 25.4 Å². The molecule has 154 valence electrons. The van der Waals surface area contributed by atoms with E-state index < -0.39 is 17.7 Å². The second kappa shape index (κ2) is 9.80. The third-order valence-electron chi connectivity index (χ3n) is 4.87. The van der Waals surface area contributed by atoms with Crippen LogP contribution in [0, 0.1) is 11.6 Å². The van der Waals surface area contributed by atoms with Crippen molar-refractivity contribution < 1.29 is 18.4 Å². The Kier molecular flexibility index (Phi) is 7.17. The van der Waals surface area contributed by atoms with E-state index >= 15 is 0 Å². The Morgan fingerprint density at radius 1 is 1.21 bits per heavy atom. The van der Waals surface area contributed by atoms with Crippen molar-refractivity contribution in [3.05, 3.63) is 70.2 Å². The van der Waals surface area contributed by atoms with Crippen LogP contribution in [0.25, 0.3) is 0 Å². The van der Waals surface area contributed by atoms with Crippen molar-refractivity contribution in [1.82, 2.24) is 15.5 Å². The third-order valence-corrected chi connectivity index (χ3v) is 5.13. The molecule has 2 amide bonds. The second-order valence-electron chi connectivity index (χ2n) is 6.92. The van der Waals surface area contributed by atoms with Crippen LogP contribution in [-0.4, -0.2) is 42.4 Å². The minimum Gasteiger partial charge on any atom is -0.356 e. The molecule has 3 rings (SSSR count). The number of halogens is 3. The Balaban J connectivity index is 1.57. The van der Waals surface area contributed by atoms with Gasteiger partial charge in [-0.05, 0) is 30.2 Å². The number of benzene rings is 2. The highest BCUT2D eigenvalue weighted by Gasteiger charge is 2.32. The highest BCUT2D eigenvalue weighted by atomic mass is 35.5. The number of carbonyl (C=O) groups is 2. The fourth-order valence-electron chi connectivity index (χ4n) is 3.31. The Bertz CT molecular complexity index is 877. The molecule has 8 heteroatoms. The molecule has 0 bridgehead atoms. The first kappa shape index (κ1) is 21.2. The van der Waals surface area contributed by atoms with E-state index in [0.29, 0.717) is 31.1 Å². The maximum Gasteiger partial charge on any atom is 0.237 e. The topological polar surface area (TPSA) is 61.4 Å². The van der Waals surface area contributed by atoms with Crippen LogP contribution in [0.2, 0.25) is 5.02 Å². The monoisotopic (exact) mass is 421 g/mol. The van der Waals surface area contributed by atoms with Gasteiger partial charge in [0, 0.05) is 36.8 Å². The van der Waals surface area contributed by atoms with Gasteiger partial charge >= 0.3 is 0 Å². The lowest BCUT2D eigenvalue weighted by molar-refractivity contribution is -0.134. The molecule has 1 heterocycles. The van der Waals surface area contributed by atoms with Gasteiger partial charge < -0.3 is 10.6 Å². The standard InChI is InChI=1S/C21H22ClF2N3O2/c22-16-6-4-14(5-7-16)8-9-25-19(28)12-18-21(29)26-10-11-27(18)13-15-2-1-3-17(23)20(15)24/h1-7,18H,8-13H2,(H,25,28)(H,26,29). The van der Waals surface area contributed by atoms with E-state index in [1.165, 1.54) is 12.1 Å². The summed E-state index contributed by atoms with van der Waals surface area (Å²) in [7, 11) is 0. The lowest BCUT2D eigenvalue weighted by atomic mass is 10.1. The van der Waals surface area contributed by atoms with Gasteiger partial charge in [-0.3, -0.25) is 14.5 Å². The molecular formula is C21H22ClF2N3O2. The van der Waals surface area contributed by atoms with E-state index in [0.717, 1.165) is 11.6 Å². The lowest BCUT2D eigenvalue weighted by Gasteiger charge is -2.34. The number of nitrogens with zero attached hydrogens (tertiary/aromatic N) is 1. The molecule has 0 radical (unpaired) electrons. The third kappa shape index (κ3) is 5.74. The maximum absolute atomic E-state index is 14.0. The average Bonchev–Trinajstić information content (AvgIpc) is 2.69. The van der Waals surface area contributed by atoms with E-state index in [-0.39, 0.29) is 30.3 Å². The molecule has 0 aromatic heterocycles. The van der Waals surface area contributed by atoms with Crippen LogP contribution in [0.15, 0.2) is 42.5 Å². The maximum atomic E-state index is 14.0. The van der Waals surface area contributed by atoms with Crippen molar-refractivity contribution in [3.63, 3.8) is 0 Å². The van der Waals surface area contributed by atoms with Crippen LogP contribution in [0.5, 0.6) is 0 Å². The number of hydrogen-bond donors (Lipinski definition) is 2. The molecule has 1 saturated heterocycles. The van der Waals surface area contributed by atoms with Crippen LogP contribution >= 0.6 is 11.6 Å². The molecule has 0 spiro atoms. The predicted octanol–water partition coefficient (Wildman–Crippen LogP) is 2.67. The van der Waals surface area contributed by atoms with Crippen molar-refractivity contribution in [3.8, 4) is 0 Å². The number of rotatable bonds is 7. The van der Waals surface area contributed by atoms with E-state index in [9.17, 15) is 18.4 Å². The molecular weight excluding hydrogens is 400 g/mol. The summed E-state index contributed by atoms with van der Waals surface area (Å²) in [5, 5.41) is 6.18. The Hall–Kier alpha value is -2.51. The molecule has 2 aromatic carbocycles. The summed E-state index contributed by atoms with van der Waals surface area (Å²) >= 11 is 5.85. The van der Waals surface area contributed by atoms with Crippen LogP contribution in [0.4, 0.5) is 8.78 Å². The second-order valence-corrected chi connectivity index (χ2v) is 7.36. The molecule has 1 atom stereocenters. The first-order valence-corrected chi connectivity index (χ1v) is 9.77. The fraction of sp³-hybridized carbons (Fsp3) is 0.333. The molecule has 5 nitrogen and oxygen atoms in total. The van der Waals surface area contributed by atoms with Gasteiger partial charge in [-0.25, -0.2) is 8.78 Å². The molecule has 1 aliphatic rings. The smallest absolute Gasteiger partial charge is 0.237 e. The van der Waals surface area contributed by atoms with Gasteiger partial charge in [0.2, 0.25) is 11.8 Å². The zero-order chi connectivity index (χ0) is 20.8. The summed E-state index contributed by atoms with van der Waals surface area (Å²) in [5.74, 6) is -2.42. The van der Waals surface area contributed by atoms with Gasteiger partial charge in [-0.15, -0.1) is 0 Å². The first-order chi connectivity index (χ1) is 13.9. The highest BCUT2D eigenvalue weighted by molar-refractivity contribution is 6.30. The molecule has 0 aliphatic carbocycles. The quantitative estimate of drug-likeness (QED) is 0.722. The normalized spacial score (nSPS) is 17.1. The van der Waals surface area contributed by atoms with Crippen molar-refractivity contribution >= 4 is 23.4 Å². The summed E-state index contributed by atoms with van der Waals surface area (Å²) in [5.41, 5.74) is 1.20. The van der Waals surface area contributed by atoms with Gasteiger partial charge in [0.1, 0.15) is 0 Å². The molecule has 1 fully saturated rings. The molecule has 1 unspecified atom stereocenters. The summed E-state index contributed by atoms with van der Waals surface area (Å²) in [6.07, 6.45) is 0.585. The molecule has 2 aromatic rings. The number of nitrogens with one attached hydrogen (secondary N) is 2. The summed E-state index contributed by atoms with van der Waals surface area (Å²) in [4.78, 5) is 26.3. The van der Waals surface area contributed by atoms with E-state index in [4.69, 9.17) is 11.6 Å². The van der Waals surface area contributed by atoms with E-state index in [1.54, 1.807) is 17.0 Å². The highest BCUT2D eigenvalue weighted by Crippen LogP contribution is 2.18. The number of hydrogen-bond acceptors (Lipinski definition) is 3. The zero-order valence-corrected chi connectivity index (χ0v) is 16.5. The van der Waals surface area contributed by atoms with Crippen LogP contribution in [-0.2, 0) is 22.6 Å². The predicted molar refractivity (Wildman–Crippen MR) is 106 cm³/mol. The van der Waals surface area contributed by atoms with Gasteiger partial charge in [0.05, 0.1) is 12.5 Å². The summed E-state index contributed by atoms with van der Waals surface area (Å²) in [6.45, 7) is 1.32. The van der Waals surface area contributed by atoms with Crippen LogP contribution < -0.4 is 10.6 Å². The Morgan fingerprint density at radius 3 is 2.72 bits per heavy atom. The van der Waals surface area contributed by atoms with Crippen molar-refractivity contribution in [2.75, 3.05) is 19.6 Å². The van der Waals surface area contributed by atoms with E-state index in [1.807, 2.05) is 12.1 Å². The molecule has 0 saturated carbocycles. The minimum absolute atomic E-state index is 0.0522. The SMILES string of the molecule is O=C(CC1C(=O)NCCN1Cc1cccc(F)c1F)NCCc1ccc(Cl)cc1. The minimum atomic E-state index is -0.930. The average molecular weight is 422 g/mol. The zero-order valence-electron chi connectivity index (χ0n) is 15.8. The van der Waals surface area contributed by atoms with Gasteiger partial charge in [-0.1, -0.05) is 35.9 Å². The van der Waals surface area contributed by atoms with E-state index in [2.05, 4.69) is 10.6 Å². The molecule has 1 aliphatic heterocycles. The van der Waals surface area contributed by atoms with Crippen molar-refractivity contribution in [1.29, 1.82) is 0 Å². The summed E-state index contributed by atoms with van der Waals surface area (Å²) in [6, 6.07) is 10.6. The number of piperazine rings is 1. The molecule has 29 heavy (non-hydrogen) atoms. The van der Waals surface area contributed by atoms with Crippen molar-refractivity contribution in [2.24, 2.45) is 0 Å². The number of amides is 2. The Morgan fingerprint density at radius 2 is 1.97 bits per heavy atom. The molecule has 2 N–H and O–H groups in total. The summed E-state index contributed by atoms with van der Waals surface area (Å²) < 4.78 is 27.5. The Labute approximate surface area is 173 Å².